The topological polar surface area (TPSA) is 119 Å². The molecule has 88 valence electrons. The van der Waals surface area contributed by atoms with E-state index in [0.29, 0.717) is 13.0 Å². The van der Waals surface area contributed by atoms with Crippen molar-refractivity contribution in [2.75, 3.05) is 13.2 Å². The van der Waals surface area contributed by atoms with Crippen LogP contribution in [0.5, 0.6) is 0 Å². The number of aliphatic carboxylic acids is 2. The molecule has 0 saturated heterocycles. The Hall–Kier alpha value is -1.18. The number of aliphatic hydroxyl groups is 1. The largest absolute Gasteiger partial charge is 0.481 e. The van der Waals surface area contributed by atoms with Gasteiger partial charge in [0.05, 0.1) is 0 Å². The average molecular weight is 220 g/mol. The Bertz CT molecular complexity index is 209. The van der Waals surface area contributed by atoms with Crippen molar-refractivity contribution in [3.63, 3.8) is 0 Å². The standard InChI is InChI=1S/C8H16N2O5/c11-5-3-6(8(14)15)10-9-4-1-2-7(12)13/h6,9-11H,1-5H2,(H,12,13)(H,14,15)/t6-/m0/s1. The summed E-state index contributed by atoms with van der Waals surface area (Å²) in [4.78, 5) is 20.7. The molecule has 0 aromatic rings. The molecule has 0 amide bonds. The molecule has 0 saturated carbocycles. The van der Waals surface area contributed by atoms with Crippen LogP contribution < -0.4 is 10.9 Å². The highest BCUT2D eigenvalue weighted by molar-refractivity contribution is 5.73. The highest BCUT2D eigenvalue weighted by atomic mass is 16.4. The highest BCUT2D eigenvalue weighted by Gasteiger charge is 2.15. The van der Waals surface area contributed by atoms with Crippen LogP contribution in [0.3, 0.4) is 0 Å². The molecule has 7 heteroatoms. The number of aliphatic hydroxyl groups excluding tert-OH is 1. The number of carboxylic acids is 2. The van der Waals surface area contributed by atoms with Gasteiger partial charge in [-0.3, -0.25) is 15.0 Å². The second-order valence-electron chi connectivity index (χ2n) is 2.97. The molecule has 0 aromatic carbocycles. The van der Waals surface area contributed by atoms with Gasteiger partial charge in [-0.25, -0.2) is 5.43 Å². The minimum atomic E-state index is -1.06. The van der Waals surface area contributed by atoms with E-state index in [2.05, 4.69) is 10.9 Å². The van der Waals surface area contributed by atoms with E-state index in [1.54, 1.807) is 0 Å². The van der Waals surface area contributed by atoms with Crippen LogP contribution in [0.4, 0.5) is 0 Å². The van der Waals surface area contributed by atoms with Crippen LogP contribution in [0.15, 0.2) is 0 Å². The fourth-order valence-corrected chi connectivity index (χ4v) is 0.910. The van der Waals surface area contributed by atoms with Crippen molar-refractivity contribution in [3.8, 4) is 0 Å². The molecule has 5 N–H and O–H groups in total. The molecule has 0 radical (unpaired) electrons. The van der Waals surface area contributed by atoms with E-state index in [4.69, 9.17) is 15.3 Å². The number of carboxylic acid groups (broad SMARTS) is 2. The van der Waals surface area contributed by atoms with E-state index in [0.717, 1.165) is 0 Å². The van der Waals surface area contributed by atoms with Gasteiger partial charge in [-0.15, -0.1) is 0 Å². The Kier molecular flexibility index (Phi) is 7.51. The van der Waals surface area contributed by atoms with E-state index < -0.39 is 18.0 Å². The molecule has 0 fully saturated rings. The zero-order valence-electron chi connectivity index (χ0n) is 8.27. The third-order valence-electron chi connectivity index (χ3n) is 1.68. The van der Waals surface area contributed by atoms with Crippen LogP contribution in [0.25, 0.3) is 0 Å². The number of hydrazine groups is 1. The summed E-state index contributed by atoms with van der Waals surface area (Å²) in [6.07, 6.45) is 0.543. The highest BCUT2D eigenvalue weighted by Crippen LogP contribution is 1.90. The Balaban J connectivity index is 3.53. The van der Waals surface area contributed by atoms with Crippen LogP contribution >= 0.6 is 0 Å². The van der Waals surface area contributed by atoms with Crippen molar-refractivity contribution in [2.45, 2.75) is 25.3 Å². The van der Waals surface area contributed by atoms with Gasteiger partial charge in [0.25, 0.3) is 0 Å². The summed E-state index contributed by atoms with van der Waals surface area (Å²) in [5.41, 5.74) is 5.09. The third-order valence-corrected chi connectivity index (χ3v) is 1.68. The van der Waals surface area contributed by atoms with Gasteiger partial charge >= 0.3 is 11.9 Å². The van der Waals surface area contributed by atoms with Crippen LogP contribution in [0.2, 0.25) is 0 Å². The molecule has 0 spiro atoms. The third kappa shape index (κ3) is 7.86. The van der Waals surface area contributed by atoms with Crippen LogP contribution in [0.1, 0.15) is 19.3 Å². The first-order valence-electron chi connectivity index (χ1n) is 4.61. The fourth-order valence-electron chi connectivity index (χ4n) is 0.910. The van der Waals surface area contributed by atoms with Gasteiger partial charge in [-0.2, -0.15) is 0 Å². The number of nitrogens with one attached hydrogen (secondary N) is 2. The lowest BCUT2D eigenvalue weighted by Gasteiger charge is -2.13. The van der Waals surface area contributed by atoms with Crippen molar-refractivity contribution >= 4 is 11.9 Å². The first-order chi connectivity index (χ1) is 7.07. The normalized spacial score (nSPS) is 12.3. The zero-order valence-corrected chi connectivity index (χ0v) is 8.27. The molecule has 0 aromatic heterocycles. The van der Waals surface area contributed by atoms with Gasteiger partial charge in [0, 0.05) is 19.6 Å². The molecule has 0 aliphatic rings. The van der Waals surface area contributed by atoms with E-state index in [1.807, 2.05) is 0 Å². The minimum Gasteiger partial charge on any atom is -0.481 e. The molecule has 0 heterocycles. The summed E-state index contributed by atoms with van der Waals surface area (Å²) in [6, 6.07) is -0.861. The average Bonchev–Trinajstić information content (AvgIpc) is 2.15. The van der Waals surface area contributed by atoms with Crippen molar-refractivity contribution in [1.82, 2.24) is 10.9 Å². The van der Waals surface area contributed by atoms with Crippen molar-refractivity contribution in [1.29, 1.82) is 0 Å². The van der Waals surface area contributed by atoms with Crippen LogP contribution in [-0.4, -0.2) is 46.5 Å². The Morgan fingerprint density at radius 2 is 1.93 bits per heavy atom. The minimum absolute atomic E-state index is 0.0341. The van der Waals surface area contributed by atoms with Gasteiger partial charge in [0.1, 0.15) is 6.04 Å². The van der Waals surface area contributed by atoms with E-state index >= 15 is 0 Å². The van der Waals surface area contributed by atoms with Gasteiger partial charge in [-0.05, 0) is 12.8 Å². The summed E-state index contributed by atoms with van der Waals surface area (Å²) in [5.74, 6) is -1.95. The molecule has 15 heavy (non-hydrogen) atoms. The Morgan fingerprint density at radius 3 is 2.40 bits per heavy atom. The maximum absolute atomic E-state index is 10.6. The summed E-state index contributed by atoms with van der Waals surface area (Å²) in [7, 11) is 0. The predicted octanol–water partition coefficient (Wildman–Crippen LogP) is -1.22. The summed E-state index contributed by atoms with van der Waals surface area (Å²) >= 11 is 0. The summed E-state index contributed by atoms with van der Waals surface area (Å²) in [6.45, 7) is 0.141. The number of hydrogen-bond donors (Lipinski definition) is 5. The molecule has 0 rings (SSSR count). The lowest BCUT2D eigenvalue weighted by molar-refractivity contribution is -0.140. The van der Waals surface area contributed by atoms with Gasteiger partial charge in [0.2, 0.25) is 0 Å². The lowest BCUT2D eigenvalue weighted by Crippen LogP contribution is -2.46. The van der Waals surface area contributed by atoms with Crippen molar-refractivity contribution in [2.24, 2.45) is 0 Å². The molecular weight excluding hydrogens is 204 g/mol. The second kappa shape index (κ2) is 8.16. The zero-order chi connectivity index (χ0) is 11.7. The number of carbonyl (C=O) groups is 2. The van der Waals surface area contributed by atoms with Crippen molar-refractivity contribution < 1.29 is 24.9 Å². The lowest BCUT2D eigenvalue weighted by atomic mass is 10.2. The smallest absolute Gasteiger partial charge is 0.322 e. The molecule has 1 atom stereocenters. The number of hydrogen-bond acceptors (Lipinski definition) is 5. The maximum Gasteiger partial charge on any atom is 0.322 e. The van der Waals surface area contributed by atoms with Gasteiger partial charge in [0.15, 0.2) is 0 Å². The molecule has 0 unspecified atom stereocenters. The Labute approximate surface area is 87.1 Å². The molecule has 0 bridgehead atoms. The van der Waals surface area contributed by atoms with Crippen molar-refractivity contribution in [3.05, 3.63) is 0 Å². The second-order valence-corrected chi connectivity index (χ2v) is 2.97. The maximum atomic E-state index is 10.6. The van der Waals surface area contributed by atoms with E-state index in [1.165, 1.54) is 0 Å². The SMILES string of the molecule is O=C(O)CCCNN[C@@H](CCO)C(=O)O. The molecular formula is C8H16N2O5. The van der Waals surface area contributed by atoms with Gasteiger partial charge in [-0.1, -0.05) is 0 Å². The first kappa shape index (κ1) is 13.8. The molecule has 7 nitrogen and oxygen atoms in total. The molecule has 0 aliphatic heterocycles. The van der Waals surface area contributed by atoms with Crippen LogP contribution in [-0.2, 0) is 9.59 Å². The van der Waals surface area contributed by atoms with Gasteiger partial charge < -0.3 is 15.3 Å². The predicted molar refractivity (Wildman–Crippen MR) is 51.1 cm³/mol. The summed E-state index contributed by atoms with van der Waals surface area (Å²) in [5, 5.41) is 25.5. The number of rotatable bonds is 9. The quantitative estimate of drug-likeness (QED) is 0.244. The fraction of sp³-hybridized carbons (Fsp3) is 0.750. The van der Waals surface area contributed by atoms with Crippen LogP contribution in [0, 0.1) is 0 Å². The Morgan fingerprint density at radius 1 is 1.27 bits per heavy atom. The molecule has 0 aliphatic carbocycles. The monoisotopic (exact) mass is 220 g/mol. The summed E-state index contributed by atoms with van der Waals surface area (Å²) < 4.78 is 0. The van der Waals surface area contributed by atoms with E-state index in [-0.39, 0.29) is 19.4 Å². The first-order valence-corrected chi connectivity index (χ1v) is 4.61. The van der Waals surface area contributed by atoms with E-state index in [9.17, 15) is 9.59 Å².